The first-order valence-corrected chi connectivity index (χ1v) is 12.8. The first-order chi connectivity index (χ1) is 18.0. The molecule has 0 radical (unpaired) electrons. The number of pyridine rings is 1. The average molecular weight is 506 g/mol. The van der Waals surface area contributed by atoms with Gasteiger partial charge in [-0.1, -0.05) is 6.07 Å². The maximum atomic E-state index is 9.27. The fourth-order valence-electron chi connectivity index (χ4n) is 4.79. The molecule has 3 aromatic rings. The van der Waals surface area contributed by atoms with E-state index in [1.807, 2.05) is 44.3 Å². The van der Waals surface area contributed by atoms with Gasteiger partial charge in [-0.2, -0.15) is 0 Å². The van der Waals surface area contributed by atoms with Gasteiger partial charge in [-0.05, 0) is 45.0 Å². The number of hydrogen-bond donors (Lipinski definition) is 3. The third-order valence-corrected chi connectivity index (χ3v) is 7.04. The summed E-state index contributed by atoms with van der Waals surface area (Å²) in [4.78, 5) is 13.1. The molecule has 196 valence electrons. The average Bonchev–Trinajstić information content (AvgIpc) is 3.40. The minimum atomic E-state index is -0.128. The van der Waals surface area contributed by atoms with Crippen molar-refractivity contribution in [2.75, 3.05) is 59.6 Å². The Kier molecular flexibility index (Phi) is 7.40. The van der Waals surface area contributed by atoms with Gasteiger partial charge in [0.05, 0.1) is 35.8 Å². The standard InChI is InChI=1S/C27H35N7O3/c1-18-19(2)29-26-22(36-15-6-8-33-12-10-32(3)11-13-33)17-20(24(28)23(18)26)30-25-21-7-4-5-9-34(21)31-27(25)37-16-14-35/h4-5,7,9,17,28-29,35H,6,8,10-16H2,1-3H3/b28-24?,30-20+. The summed E-state index contributed by atoms with van der Waals surface area (Å²) in [5.74, 6) is 1.00. The van der Waals surface area contributed by atoms with E-state index in [1.165, 1.54) is 0 Å². The molecule has 0 aromatic carbocycles. The van der Waals surface area contributed by atoms with Crippen LogP contribution in [0.3, 0.4) is 0 Å². The molecule has 0 bridgehead atoms. The van der Waals surface area contributed by atoms with Crippen LogP contribution in [0.15, 0.2) is 35.5 Å². The summed E-state index contributed by atoms with van der Waals surface area (Å²) in [6.45, 7) is 9.97. The second-order valence-electron chi connectivity index (χ2n) is 9.61. The number of hydrogen-bond acceptors (Lipinski definition) is 8. The van der Waals surface area contributed by atoms with Gasteiger partial charge in [0.15, 0.2) is 5.69 Å². The Morgan fingerprint density at radius 1 is 1.14 bits per heavy atom. The summed E-state index contributed by atoms with van der Waals surface area (Å²) in [7, 11) is 2.17. The molecule has 0 spiro atoms. The second kappa shape index (κ2) is 10.9. The molecule has 3 aromatic heterocycles. The van der Waals surface area contributed by atoms with E-state index in [-0.39, 0.29) is 13.2 Å². The number of piperazine rings is 1. The number of nitrogens with zero attached hydrogens (tertiary/aromatic N) is 5. The number of fused-ring (bicyclic) bond motifs is 2. The number of aliphatic hydroxyl groups is 1. The van der Waals surface area contributed by atoms with Crippen molar-refractivity contribution in [3.63, 3.8) is 0 Å². The number of aromatic nitrogens is 3. The Bertz CT molecular complexity index is 1350. The molecule has 4 heterocycles. The summed E-state index contributed by atoms with van der Waals surface area (Å²) in [5.41, 5.74) is 5.74. The van der Waals surface area contributed by atoms with Crippen molar-refractivity contribution in [1.82, 2.24) is 24.4 Å². The Morgan fingerprint density at radius 2 is 1.95 bits per heavy atom. The van der Waals surface area contributed by atoms with Crippen LogP contribution in [0.4, 0.5) is 5.69 Å². The van der Waals surface area contributed by atoms with Gasteiger partial charge in [0.2, 0.25) is 0 Å². The van der Waals surface area contributed by atoms with Crippen LogP contribution in [0.25, 0.3) is 11.3 Å². The van der Waals surface area contributed by atoms with Crippen LogP contribution in [-0.4, -0.2) is 101 Å². The van der Waals surface area contributed by atoms with E-state index in [9.17, 15) is 5.11 Å². The van der Waals surface area contributed by atoms with Crippen LogP contribution in [0.5, 0.6) is 5.88 Å². The predicted molar refractivity (Wildman–Crippen MR) is 144 cm³/mol. The number of aliphatic hydroxyl groups excluding tert-OH is 1. The van der Waals surface area contributed by atoms with Crippen LogP contribution < -0.4 is 4.74 Å². The van der Waals surface area contributed by atoms with Gasteiger partial charge in [-0.25, -0.2) is 9.51 Å². The minimum Gasteiger partial charge on any atom is -0.491 e. The third-order valence-electron chi connectivity index (χ3n) is 7.04. The number of ether oxygens (including phenoxy) is 2. The zero-order valence-corrected chi connectivity index (χ0v) is 21.8. The van der Waals surface area contributed by atoms with Gasteiger partial charge >= 0.3 is 0 Å². The largest absolute Gasteiger partial charge is 0.491 e. The van der Waals surface area contributed by atoms with Crippen molar-refractivity contribution in [3.8, 4) is 5.88 Å². The molecule has 37 heavy (non-hydrogen) atoms. The topological polar surface area (TPSA) is 114 Å². The van der Waals surface area contributed by atoms with E-state index in [1.54, 1.807) is 4.52 Å². The zero-order chi connectivity index (χ0) is 25.9. The number of aryl methyl sites for hydroxylation is 1. The Balaban J connectivity index is 1.43. The first-order valence-electron chi connectivity index (χ1n) is 12.8. The third kappa shape index (κ3) is 5.18. The summed E-state index contributed by atoms with van der Waals surface area (Å²) in [5, 5.41) is 22.7. The summed E-state index contributed by atoms with van der Waals surface area (Å²) in [6, 6.07) is 5.69. The van der Waals surface area contributed by atoms with Crippen molar-refractivity contribution in [2.24, 2.45) is 4.99 Å². The van der Waals surface area contributed by atoms with Gasteiger partial charge in [0.1, 0.15) is 12.4 Å². The maximum Gasteiger partial charge on any atom is 0.260 e. The molecule has 0 saturated carbocycles. The zero-order valence-electron chi connectivity index (χ0n) is 21.8. The molecule has 2 aliphatic rings. The van der Waals surface area contributed by atoms with E-state index in [0.717, 1.165) is 67.2 Å². The van der Waals surface area contributed by atoms with Crippen LogP contribution in [0.2, 0.25) is 0 Å². The highest BCUT2D eigenvalue weighted by atomic mass is 16.5. The van der Waals surface area contributed by atoms with E-state index in [2.05, 4.69) is 26.9 Å². The predicted octanol–water partition coefficient (Wildman–Crippen LogP) is 2.80. The van der Waals surface area contributed by atoms with Gasteiger partial charge in [-0.15, -0.1) is 5.10 Å². The van der Waals surface area contributed by atoms with E-state index >= 15 is 0 Å². The molecule has 10 heteroatoms. The van der Waals surface area contributed by atoms with Crippen molar-refractivity contribution >= 4 is 28.4 Å². The molecule has 0 amide bonds. The van der Waals surface area contributed by atoms with Gasteiger partial charge < -0.3 is 29.4 Å². The highest BCUT2D eigenvalue weighted by molar-refractivity contribution is 6.54. The Labute approximate surface area is 216 Å². The normalized spacial score (nSPS) is 17.9. The number of likely N-dealkylation sites (N-methyl/N-ethyl adjacent to an activating group) is 1. The minimum absolute atomic E-state index is 0.108. The summed E-state index contributed by atoms with van der Waals surface area (Å²) < 4.78 is 13.7. The number of H-pyrrole nitrogens is 1. The summed E-state index contributed by atoms with van der Waals surface area (Å²) in [6.07, 6.45) is 4.57. The van der Waals surface area contributed by atoms with Gasteiger partial charge in [0, 0.05) is 56.3 Å². The lowest BCUT2D eigenvalue weighted by molar-refractivity contribution is 0.142. The number of aliphatic imine (C=N–C) groups is 1. The molecule has 10 nitrogen and oxygen atoms in total. The number of nitrogens with one attached hydrogen (secondary N) is 2. The van der Waals surface area contributed by atoms with Crippen molar-refractivity contribution in [3.05, 3.63) is 53.0 Å². The molecule has 3 N–H and O–H groups in total. The smallest absolute Gasteiger partial charge is 0.260 e. The van der Waals surface area contributed by atoms with Crippen LogP contribution in [-0.2, 0) is 4.74 Å². The SMILES string of the molecule is Cc1[nH]c2c(c1C)C(=N)/C(=N/c1c(OCCO)nn3ccccc13)C=C2OCCCN1CCN(C)CC1. The van der Waals surface area contributed by atoms with Crippen LogP contribution >= 0.6 is 0 Å². The number of allylic oxidation sites excluding steroid dienone is 1. The molecular weight excluding hydrogens is 470 g/mol. The van der Waals surface area contributed by atoms with Crippen LogP contribution in [0.1, 0.15) is 28.9 Å². The fraction of sp³-hybridized carbons (Fsp3) is 0.444. The lowest BCUT2D eigenvalue weighted by Crippen LogP contribution is -2.44. The molecule has 1 aliphatic heterocycles. The Morgan fingerprint density at radius 3 is 2.73 bits per heavy atom. The molecule has 0 unspecified atom stereocenters. The molecule has 1 fully saturated rings. The van der Waals surface area contributed by atoms with Crippen LogP contribution in [0, 0.1) is 19.3 Å². The van der Waals surface area contributed by atoms with E-state index < -0.39 is 0 Å². The maximum absolute atomic E-state index is 9.27. The van der Waals surface area contributed by atoms with Gasteiger partial charge in [0.25, 0.3) is 5.88 Å². The lowest BCUT2D eigenvalue weighted by Gasteiger charge is -2.32. The van der Waals surface area contributed by atoms with Gasteiger partial charge in [-0.3, -0.25) is 5.41 Å². The number of aromatic amines is 1. The first kappa shape index (κ1) is 25.2. The van der Waals surface area contributed by atoms with Crippen molar-refractivity contribution < 1.29 is 14.6 Å². The van der Waals surface area contributed by atoms with E-state index in [4.69, 9.17) is 19.9 Å². The fourth-order valence-corrected chi connectivity index (χ4v) is 4.79. The van der Waals surface area contributed by atoms with Crippen molar-refractivity contribution in [2.45, 2.75) is 20.3 Å². The molecule has 1 aliphatic carbocycles. The number of rotatable bonds is 9. The van der Waals surface area contributed by atoms with E-state index in [0.29, 0.717) is 35.4 Å². The monoisotopic (exact) mass is 505 g/mol. The highest BCUT2D eigenvalue weighted by Gasteiger charge is 2.28. The quantitative estimate of drug-likeness (QED) is 0.386. The second-order valence-corrected chi connectivity index (χ2v) is 9.61. The van der Waals surface area contributed by atoms with Crippen molar-refractivity contribution in [1.29, 1.82) is 5.41 Å². The lowest BCUT2D eigenvalue weighted by atomic mass is 9.95. The molecular formula is C27H35N7O3. The molecule has 1 saturated heterocycles. The molecule has 5 rings (SSSR count). The summed E-state index contributed by atoms with van der Waals surface area (Å²) >= 11 is 0. The molecule has 0 atom stereocenters. The highest BCUT2D eigenvalue weighted by Crippen LogP contribution is 2.35. The Hall–Kier alpha value is -3.47.